The highest BCUT2D eigenvalue weighted by Gasteiger charge is 2.79. The van der Waals surface area contributed by atoms with Crippen LogP contribution in [0.15, 0.2) is 0 Å². The van der Waals surface area contributed by atoms with Crippen LogP contribution in [-0.4, -0.2) is 12.5 Å². The zero-order valence-electron chi connectivity index (χ0n) is 6.45. The lowest BCUT2D eigenvalue weighted by molar-refractivity contribution is 0.0592. The maximum atomic E-state index is 13.1. The summed E-state index contributed by atoms with van der Waals surface area (Å²) in [6.07, 6.45) is 3.32. The first-order chi connectivity index (χ1) is 5.15. The summed E-state index contributed by atoms with van der Waals surface area (Å²) in [5, 5.41) is 0. The van der Waals surface area contributed by atoms with Crippen molar-refractivity contribution in [3.63, 3.8) is 0 Å². The number of nitrogens with two attached hydrogens (primary N) is 1. The molecule has 2 rings (SSSR count). The van der Waals surface area contributed by atoms with Crippen LogP contribution in [0.1, 0.15) is 25.7 Å². The highest BCUT2D eigenvalue weighted by atomic mass is 19.3. The largest absolute Gasteiger partial charge is 0.330 e. The third kappa shape index (κ3) is 0.675. The van der Waals surface area contributed by atoms with E-state index >= 15 is 0 Å². The Balaban J connectivity index is 2.17. The van der Waals surface area contributed by atoms with Crippen molar-refractivity contribution >= 4 is 0 Å². The fraction of sp³-hybridized carbons (Fsp3) is 1.00. The summed E-state index contributed by atoms with van der Waals surface area (Å²) in [5.41, 5.74) is 4.63. The van der Waals surface area contributed by atoms with Gasteiger partial charge in [0.05, 0.1) is 0 Å². The molecule has 0 aliphatic heterocycles. The van der Waals surface area contributed by atoms with Gasteiger partial charge in [-0.2, -0.15) is 0 Å². The summed E-state index contributed by atoms with van der Waals surface area (Å²) in [6, 6.07) is 0. The molecule has 0 amide bonds. The van der Waals surface area contributed by atoms with Crippen molar-refractivity contribution in [1.82, 2.24) is 0 Å². The highest BCUT2D eigenvalue weighted by molar-refractivity contribution is 5.19. The lowest BCUT2D eigenvalue weighted by atomic mass is 10.0. The molecule has 2 saturated carbocycles. The van der Waals surface area contributed by atoms with Crippen LogP contribution in [0.2, 0.25) is 0 Å². The molecular formula is C8H13F2N. The molecule has 2 aliphatic rings. The molecule has 0 aromatic rings. The zero-order valence-corrected chi connectivity index (χ0v) is 6.45. The second-order valence-electron chi connectivity index (χ2n) is 3.77. The van der Waals surface area contributed by atoms with Crippen molar-refractivity contribution in [1.29, 1.82) is 0 Å². The van der Waals surface area contributed by atoms with Crippen LogP contribution < -0.4 is 5.73 Å². The third-order valence-corrected chi connectivity index (χ3v) is 3.42. The SMILES string of the molecule is NCC1C(F)(F)C12CCCC2. The molecule has 64 valence electrons. The smallest absolute Gasteiger partial charge is 0.258 e. The van der Waals surface area contributed by atoms with Crippen LogP contribution in [0.4, 0.5) is 8.78 Å². The first kappa shape index (κ1) is 7.47. The number of alkyl halides is 2. The Morgan fingerprint density at radius 3 is 2.18 bits per heavy atom. The summed E-state index contributed by atoms with van der Waals surface area (Å²) < 4.78 is 26.2. The summed E-state index contributed by atoms with van der Waals surface area (Å²) in [4.78, 5) is 0. The fourth-order valence-electron chi connectivity index (χ4n) is 2.65. The van der Waals surface area contributed by atoms with Gasteiger partial charge in [0.25, 0.3) is 5.92 Å². The van der Waals surface area contributed by atoms with Gasteiger partial charge >= 0.3 is 0 Å². The van der Waals surface area contributed by atoms with Gasteiger partial charge in [-0.15, -0.1) is 0 Å². The van der Waals surface area contributed by atoms with E-state index in [-0.39, 0.29) is 6.54 Å². The minimum absolute atomic E-state index is 0.160. The van der Waals surface area contributed by atoms with Crippen LogP contribution in [0.3, 0.4) is 0 Å². The number of halogens is 2. The van der Waals surface area contributed by atoms with Gasteiger partial charge in [-0.1, -0.05) is 12.8 Å². The normalized spacial score (nSPS) is 37.9. The number of hydrogen-bond donors (Lipinski definition) is 1. The van der Waals surface area contributed by atoms with E-state index in [0.717, 1.165) is 12.8 Å². The van der Waals surface area contributed by atoms with Crippen LogP contribution in [0.5, 0.6) is 0 Å². The van der Waals surface area contributed by atoms with Crippen molar-refractivity contribution < 1.29 is 8.78 Å². The molecule has 0 heterocycles. The first-order valence-corrected chi connectivity index (χ1v) is 4.23. The highest BCUT2D eigenvalue weighted by Crippen LogP contribution is 2.72. The summed E-state index contributed by atoms with van der Waals surface area (Å²) in [6.45, 7) is 0.160. The van der Waals surface area contributed by atoms with Gasteiger partial charge in [-0.25, -0.2) is 8.78 Å². The van der Waals surface area contributed by atoms with Gasteiger partial charge in [0, 0.05) is 17.9 Å². The zero-order chi connectivity index (χ0) is 8.11. The van der Waals surface area contributed by atoms with Crippen molar-refractivity contribution in [2.45, 2.75) is 31.6 Å². The van der Waals surface area contributed by atoms with Crippen LogP contribution in [-0.2, 0) is 0 Å². The summed E-state index contributed by atoms with van der Waals surface area (Å²) >= 11 is 0. The molecular weight excluding hydrogens is 148 g/mol. The van der Waals surface area contributed by atoms with Crippen molar-refractivity contribution in [3.05, 3.63) is 0 Å². The molecule has 0 saturated heterocycles. The molecule has 2 N–H and O–H groups in total. The molecule has 1 spiro atoms. The Kier molecular flexibility index (Phi) is 1.32. The molecule has 11 heavy (non-hydrogen) atoms. The standard InChI is InChI=1S/C8H13F2N/c9-8(10)6(5-11)7(8)3-1-2-4-7/h6H,1-5,11H2. The van der Waals surface area contributed by atoms with E-state index in [1.807, 2.05) is 0 Å². The molecule has 0 aromatic heterocycles. The fourth-order valence-corrected chi connectivity index (χ4v) is 2.65. The van der Waals surface area contributed by atoms with Gasteiger partial charge in [0.15, 0.2) is 0 Å². The average Bonchev–Trinajstić information content (AvgIpc) is 2.36. The van der Waals surface area contributed by atoms with Gasteiger partial charge in [-0.3, -0.25) is 0 Å². The van der Waals surface area contributed by atoms with E-state index in [1.165, 1.54) is 0 Å². The molecule has 1 unspecified atom stereocenters. The quantitative estimate of drug-likeness (QED) is 0.623. The van der Waals surface area contributed by atoms with Crippen LogP contribution in [0.25, 0.3) is 0 Å². The van der Waals surface area contributed by atoms with Crippen molar-refractivity contribution in [2.24, 2.45) is 17.1 Å². The van der Waals surface area contributed by atoms with Gasteiger partial charge in [0.1, 0.15) is 0 Å². The Morgan fingerprint density at radius 1 is 1.27 bits per heavy atom. The Labute approximate surface area is 65.0 Å². The second kappa shape index (κ2) is 1.94. The van der Waals surface area contributed by atoms with E-state index < -0.39 is 17.3 Å². The van der Waals surface area contributed by atoms with Crippen LogP contribution in [0, 0.1) is 11.3 Å². The summed E-state index contributed by atoms with van der Waals surface area (Å²) in [5.74, 6) is -2.93. The van der Waals surface area contributed by atoms with E-state index in [9.17, 15) is 8.78 Å². The molecule has 0 aromatic carbocycles. The van der Waals surface area contributed by atoms with E-state index in [2.05, 4.69) is 0 Å². The lowest BCUT2D eigenvalue weighted by Gasteiger charge is -2.04. The van der Waals surface area contributed by atoms with Crippen LogP contribution >= 0.6 is 0 Å². The molecule has 0 bridgehead atoms. The van der Waals surface area contributed by atoms with E-state index in [1.54, 1.807) is 0 Å². The van der Waals surface area contributed by atoms with Crippen molar-refractivity contribution in [2.75, 3.05) is 6.54 Å². The maximum Gasteiger partial charge on any atom is 0.258 e. The molecule has 0 radical (unpaired) electrons. The second-order valence-corrected chi connectivity index (χ2v) is 3.77. The average molecular weight is 161 g/mol. The third-order valence-electron chi connectivity index (χ3n) is 3.42. The summed E-state index contributed by atoms with van der Waals surface area (Å²) in [7, 11) is 0. The van der Waals surface area contributed by atoms with E-state index in [4.69, 9.17) is 5.73 Å². The molecule has 1 atom stereocenters. The molecule has 2 aliphatic carbocycles. The molecule has 1 nitrogen and oxygen atoms in total. The molecule has 2 fully saturated rings. The minimum atomic E-state index is -2.43. The van der Waals surface area contributed by atoms with E-state index in [0.29, 0.717) is 12.8 Å². The van der Waals surface area contributed by atoms with Gasteiger partial charge in [0.2, 0.25) is 0 Å². The first-order valence-electron chi connectivity index (χ1n) is 4.23. The predicted molar refractivity (Wildman–Crippen MR) is 38.4 cm³/mol. The lowest BCUT2D eigenvalue weighted by Crippen LogP contribution is -2.07. The Bertz CT molecular complexity index is 173. The topological polar surface area (TPSA) is 26.0 Å². The van der Waals surface area contributed by atoms with Gasteiger partial charge in [-0.05, 0) is 12.8 Å². The Hall–Kier alpha value is -0.180. The number of rotatable bonds is 1. The van der Waals surface area contributed by atoms with Gasteiger partial charge < -0.3 is 5.73 Å². The monoisotopic (exact) mass is 161 g/mol. The maximum absolute atomic E-state index is 13.1. The predicted octanol–water partition coefficient (Wildman–Crippen LogP) is 1.77. The minimum Gasteiger partial charge on any atom is -0.330 e. The Morgan fingerprint density at radius 2 is 1.82 bits per heavy atom. The molecule has 3 heteroatoms. The number of hydrogen-bond acceptors (Lipinski definition) is 1. The van der Waals surface area contributed by atoms with Crippen molar-refractivity contribution in [3.8, 4) is 0 Å².